The predicted octanol–water partition coefficient (Wildman–Crippen LogP) is 2.50. The predicted molar refractivity (Wildman–Crippen MR) is 102 cm³/mol. The van der Waals surface area contributed by atoms with E-state index in [1.165, 1.54) is 16.7 Å². The zero-order valence-corrected chi connectivity index (χ0v) is 15.6. The molecule has 0 bridgehead atoms. The number of carbonyl (C=O) groups excluding carboxylic acids is 1. The normalized spacial score (nSPS) is 16.4. The van der Waals surface area contributed by atoms with Crippen LogP contribution in [0.1, 0.15) is 28.8 Å². The van der Waals surface area contributed by atoms with Crippen molar-refractivity contribution < 1.29 is 4.79 Å². The number of rotatable bonds is 4. The minimum Gasteiger partial charge on any atom is -0.373 e. The van der Waals surface area contributed by atoms with E-state index in [-0.39, 0.29) is 5.91 Å². The number of nitrogens with one attached hydrogen (secondary N) is 1. The molecule has 0 spiro atoms. The van der Waals surface area contributed by atoms with E-state index in [1.54, 1.807) is 6.20 Å². The van der Waals surface area contributed by atoms with Crippen LogP contribution in [0.5, 0.6) is 0 Å². The molecule has 0 unspecified atom stereocenters. The molecule has 0 atom stereocenters. The molecule has 1 fully saturated rings. The molecular formula is C20H25N5O. The van der Waals surface area contributed by atoms with Gasteiger partial charge in [-0.1, -0.05) is 0 Å². The second-order valence-corrected chi connectivity index (χ2v) is 7.31. The maximum atomic E-state index is 12.8. The van der Waals surface area contributed by atoms with Gasteiger partial charge in [0.25, 0.3) is 0 Å². The second-order valence-electron chi connectivity index (χ2n) is 7.31. The van der Waals surface area contributed by atoms with Crippen LogP contribution in [0.15, 0.2) is 24.5 Å². The molecule has 0 radical (unpaired) electrons. The topological polar surface area (TPSA) is 61.4 Å². The van der Waals surface area contributed by atoms with Gasteiger partial charge in [0, 0.05) is 63.0 Å². The van der Waals surface area contributed by atoms with Gasteiger partial charge in [-0.15, -0.1) is 0 Å². The number of hydrogen-bond acceptors (Lipinski definition) is 5. The Morgan fingerprint density at radius 2 is 2.04 bits per heavy atom. The van der Waals surface area contributed by atoms with Gasteiger partial charge in [0.1, 0.15) is 5.82 Å². The van der Waals surface area contributed by atoms with Gasteiger partial charge in [0.15, 0.2) is 0 Å². The van der Waals surface area contributed by atoms with Crippen LogP contribution in [-0.4, -0.2) is 40.9 Å². The van der Waals surface area contributed by atoms with Gasteiger partial charge in [-0.25, -0.2) is 4.98 Å². The fraction of sp³-hybridized carbons (Fsp3) is 0.450. The van der Waals surface area contributed by atoms with Crippen molar-refractivity contribution in [3.8, 4) is 0 Å². The van der Waals surface area contributed by atoms with E-state index < -0.39 is 0 Å². The summed E-state index contributed by atoms with van der Waals surface area (Å²) in [6.45, 7) is 7.36. The number of pyridine rings is 2. The summed E-state index contributed by atoms with van der Waals surface area (Å²) in [5.74, 6) is 1.58. The summed E-state index contributed by atoms with van der Waals surface area (Å²) < 4.78 is 0. The molecule has 1 amide bonds. The van der Waals surface area contributed by atoms with Crippen molar-refractivity contribution >= 4 is 17.4 Å². The molecule has 0 aliphatic carbocycles. The molecular weight excluding hydrogens is 326 g/mol. The van der Waals surface area contributed by atoms with Crippen molar-refractivity contribution in [1.29, 1.82) is 0 Å². The molecule has 136 valence electrons. The van der Waals surface area contributed by atoms with Crippen LogP contribution in [0.2, 0.25) is 0 Å². The van der Waals surface area contributed by atoms with Crippen LogP contribution in [0, 0.1) is 19.8 Å². The molecule has 4 rings (SSSR count). The quantitative estimate of drug-likeness (QED) is 0.917. The summed E-state index contributed by atoms with van der Waals surface area (Å²) >= 11 is 0. The number of fused-ring (bicyclic) bond motifs is 1. The molecule has 4 heterocycles. The van der Waals surface area contributed by atoms with E-state index in [9.17, 15) is 4.79 Å². The molecule has 1 N–H and O–H groups in total. The third-order valence-electron chi connectivity index (χ3n) is 5.64. The maximum Gasteiger partial charge on any atom is 0.223 e. The minimum absolute atomic E-state index is 0.246. The van der Waals surface area contributed by atoms with Crippen LogP contribution < -0.4 is 10.2 Å². The van der Waals surface area contributed by atoms with E-state index in [0.717, 1.165) is 30.3 Å². The van der Waals surface area contributed by atoms with E-state index in [4.69, 9.17) is 0 Å². The van der Waals surface area contributed by atoms with E-state index in [2.05, 4.69) is 33.2 Å². The lowest BCUT2D eigenvalue weighted by molar-refractivity contribution is -0.133. The zero-order chi connectivity index (χ0) is 18.3. The van der Waals surface area contributed by atoms with Crippen molar-refractivity contribution in [1.82, 2.24) is 14.9 Å². The van der Waals surface area contributed by atoms with Crippen molar-refractivity contribution in [2.24, 2.45) is 5.92 Å². The highest BCUT2D eigenvalue weighted by Crippen LogP contribution is 2.33. The van der Waals surface area contributed by atoms with Crippen LogP contribution in [0.25, 0.3) is 0 Å². The third kappa shape index (κ3) is 2.89. The fourth-order valence-electron chi connectivity index (χ4n) is 3.94. The highest BCUT2D eigenvalue weighted by molar-refractivity contribution is 5.78. The first-order valence-electron chi connectivity index (χ1n) is 9.16. The summed E-state index contributed by atoms with van der Waals surface area (Å²) in [4.78, 5) is 25.9. The van der Waals surface area contributed by atoms with E-state index in [1.807, 2.05) is 31.1 Å². The highest BCUT2D eigenvalue weighted by Gasteiger charge is 2.33. The number of aromatic nitrogens is 2. The standard InChI is InChI=1S/C20H25N5O/c1-13-14(2)23-20(21-3)18-12-25(11-17(13)18)19(26)7-15-9-24(10-15)16-5-4-6-22-8-16/h4-6,8,15H,7,9-12H2,1-3H3,(H,21,23). The van der Waals surface area contributed by atoms with Gasteiger partial charge in [-0.05, 0) is 37.1 Å². The largest absolute Gasteiger partial charge is 0.373 e. The van der Waals surface area contributed by atoms with Gasteiger partial charge >= 0.3 is 0 Å². The number of aryl methyl sites for hydroxylation is 1. The Hall–Kier alpha value is -2.63. The van der Waals surface area contributed by atoms with Gasteiger partial charge in [0.05, 0.1) is 11.9 Å². The second kappa shape index (κ2) is 6.59. The fourth-order valence-corrected chi connectivity index (χ4v) is 3.94. The van der Waals surface area contributed by atoms with Crippen LogP contribution in [0.4, 0.5) is 11.5 Å². The molecule has 0 aromatic carbocycles. The Kier molecular flexibility index (Phi) is 4.26. The van der Waals surface area contributed by atoms with Crippen molar-refractivity contribution in [2.45, 2.75) is 33.4 Å². The molecule has 6 nitrogen and oxygen atoms in total. The Bertz CT molecular complexity index is 830. The Morgan fingerprint density at radius 1 is 1.27 bits per heavy atom. The van der Waals surface area contributed by atoms with Gasteiger partial charge in [0.2, 0.25) is 5.91 Å². The number of carbonyl (C=O) groups is 1. The monoisotopic (exact) mass is 351 g/mol. The Balaban J connectivity index is 1.38. The maximum absolute atomic E-state index is 12.8. The molecule has 2 aliphatic heterocycles. The molecule has 1 saturated heterocycles. The van der Waals surface area contributed by atoms with Gasteiger partial charge in [-0.3, -0.25) is 9.78 Å². The zero-order valence-electron chi connectivity index (χ0n) is 15.6. The summed E-state index contributed by atoms with van der Waals surface area (Å²) in [7, 11) is 1.89. The van der Waals surface area contributed by atoms with E-state index >= 15 is 0 Å². The number of nitrogens with zero attached hydrogens (tertiary/aromatic N) is 4. The first kappa shape index (κ1) is 16.8. The first-order valence-corrected chi connectivity index (χ1v) is 9.16. The van der Waals surface area contributed by atoms with Gasteiger partial charge in [-0.2, -0.15) is 0 Å². The lowest BCUT2D eigenvalue weighted by Gasteiger charge is -2.41. The summed E-state index contributed by atoms with van der Waals surface area (Å²) in [6.07, 6.45) is 4.28. The van der Waals surface area contributed by atoms with Crippen LogP contribution >= 0.6 is 0 Å². The average Bonchev–Trinajstić information content (AvgIpc) is 3.07. The Labute approximate surface area is 154 Å². The van der Waals surface area contributed by atoms with Crippen molar-refractivity contribution in [2.75, 3.05) is 30.4 Å². The SMILES string of the molecule is CNc1nc(C)c(C)c2c1CN(C(=O)CC1CN(c3cccnc3)C1)C2. The summed E-state index contributed by atoms with van der Waals surface area (Å²) in [6, 6.07) is 4.02. The van der Waals surface area contributed by atoms with Crippen LogP contribution in [0.3, 0.4) is 0 Å². The molecule has 6 heteroatoms. The molecule has 2 aromatic rings. The average molecular weight is 351 g/mol. The number of anilines is 2. The first-order chi connectivity index (χ1) is 12.6. The lowest BCUT2D eigenvalue weighted by atomic mass is 9.95. The van der Waals surface area contributed by atoms with Crippen molar-refractivity contribution in [3.05, 3.63) is 46.9 Å². The Morgan fingerprint density at radius 3 is 2.73 bits per heavy atom. The molecule has 0 saturated carbocycles. The summed E-state index contributed by atoms with van der Waals surface area (Å²) in [5.41, 5.74) is 5.82. The highest BCUT2D eigenvalue weighted by atomic mass is 16.2. The minimum atomic E-state index is 0.246. The third-order valence-corrected chi connectivity index (χ3v) is 5.64. The van der Waals surface area contributed by atoms with Crippen LogP contribution in [-0.2, 0) is 17.9 Å². The van der Waals surface area contributed by atoms with Gasteiger partial charge < -0.3 is 15.1 Å². The summed E-state index contributed by atoms with van der Waals surface area (Å²) in [5, 5.41) is 3.18. The number of hydrogen-bond donors (Lipinski definition) is 1. The molecule has 26 heavy (non-hydrogen) atoms. The lowest BCUT2D eigenvalue weighted by Crippen LogP contribution is -2.48. The van der Waals surface area contributed by atoms with E-state index in [0.29, 0.717) is 25.4 Å². The van der Waals surface area contributed by atoms with Crippen molar-refractivity contribution in [3.63, 3.8) is 0 Å². The number of amides is 1. The molecule has 2 aromatic heterocycles. The smallest absolute Gasteiger partial charge is 0.223 e. The molecule has 2 aliphatic rings.